The van der Waals surface area contributed by atoms with Gasteiger partial charge >= 0.3 is 5.97 Å². The van der Waals surface area contributed by atoms with Gasteiger partial charge in [-0.15, -0.1) is 11.3 Å². The summed E-state index contributed by atoms with van der Waals surface area (Å²) < 4.78 is 1.14. The monoisotopic (exact) mass is 424 g/mol. The molecular formula is C25H28O4S. The molecule has 0 saturated heterocycles. The van der Waals surface area contributed by atoms with Crippen LogP contribution in [0.25, 0.3) is 10.1 Å². The molecule has 1 aliphatic carbocycles. The summed E-state index contributed by atoms with van der Waals surface area (Å²) >= 11 is 1.58. The molecule has 30 heavy (non-hydrogen) atoms. The van der Waals surface area contributed by atoms with E-state index in [1.165, 1.54) is 0 Å². The van der Waals surface area contributed by atoms with Crippen LogP contribution in [0, 0.1) is 11.8 Å². The van der Waals surface area contributed by atoms with Gasteiger partial charge in [0.15, 0.2) is 5.78 Å². The molecule has 0 amide bonds. The second kappa shape index (κ2) is 9.54. The summed E-state index contributed by atoms with van der Waals surface area (Å²) in [6, 6.07) is 10.1. The van der Waals surface area contributed by atoms with Gasteiger partial charge in [0.1, 0.15) is 5.60 Å². The van der Waals surface area contributed by atoms with E-state index >= 15 is 0 Å². The lowest BCUT2D eigenvalue weighted by Crippen LogP contribution is -2.19. The fourth-order valence-electron chi connectivity index (χ4n) is 3.81. The van der Waals surface area contributed by atoms with Crippen molar-refractivity contribution in [3.05, 3.63) is 71.2 Å². The van der Waals surface area contributed by atoms with Crippen molar-refractivity contribution in [2.24, 2.45) is 11.8 Å². The van der Waals surface area contributed by atoms with Gasteiger partial charge in [-0.05, 0) is 56.7 Å². The third kappa shape index (κ3) is 5.35. The summed E-state index contributed by atoms with van der Waals surface area (Å²) in [5, 5.41) is 20.9. The van der Waals surface area contributed by atoms with Crippen LogP contribution in [0.4, 0.5) is 0 Å². The van der Waals surface area contributed by atoms with E-state index in [-0.39, 0.29) is 24.0 Å². The van der Waals surface area contributed by atoms with Gasteiger partial charge < -0.3 is 10.2 Å². The number of fused-ring (bicyclic) bond motifs is 1. The summed E-state index contributed by atoms with van der Waals surface area (Å²) in [6.07, 6.45) is 11.5. The smallest absolute Gasteiger partial charge is 0.303 e. The normalized spacial score (nSPS) is 21.6. The fourth-order valence-corrected chi connectivity index (χ4v) is 4.90. The first-order valence-corrected chi connectivity index (χ1v) is 11.1. The molecule has 158 valence electrons. The number of thiophene rings is 1. The standard InChI is InChI=1S/C25H28O4S/c1-17-15-21(26)20(10-5-3-4-6-12-24(27)28)19(17)13-14-25(2,29)23-16-18-9-7-8-11-22(18)30-23/h3,5,7-9,11,13-16,19-20,29H,4,6,10,12H2,1-2H3,(H,27,28)/t19-,20+,25?/m0/s1. The minimum atomic E-state index is -1.10. The highest BCUT2D eigenvalue weighted by atomic mass is 32.1. The second-order valence-corrected chi connectivity index (χ2v) is 9.15. The Morgan fingerprint density at radius 1 is 1.27 bits per heavy atom. The molecule has 2 N–H and O–H groups in total. The Morgan fingerprint density at radius 2 is 2.03 bits per heavy atom. The van der Waals surface area contributed by atoms with E-state index in [0.717, 1.165) is 20.5 Å². The van der Waals surface area contributed by atoms with Crippen molar-refractivity contribution >= 4 is 33.2 Å². The van der Waals surface area contributed by atoms with E-state index in [4.69, 9.17) is 5.11 Å². The van der Waals surface area contributed by atoms with Crippen molar-refractivity contribution in [1.82, 2.24) is 0 Å². The van der Waals surface area contributed by atoms with Crippen molar-refractivity contribution in [2.45, 2.75) is 45.1 Å². The van der Waals surface area contributed by atoms with Crippen molar-refractivity contribution in [3.8, 4) is 0 Å². The number of benzene rings is 1. The van der Waals surface area contributed by atoms with Crippen LogP contribution in [-0.2, 0) is 15.2 Å². The first-order valence-electron chi connectivity index (χ1n) is 10.3. The molecule has 0 spiro atoms. The summed E-state index contributed by atoms with van der Waals surface area (Å²) in [4.78, 5) is 23.9. The first kappa shape index (κ1) is 22.2. The van der Waals surface area contributed by atoms with Crippen LogP contribution in [-0.4, -0.2) is 22.0 Å². The largest absolute Gasteiger partial charge is 0.481 e. The minimum Gasteiger partial charge on any atom is -0.481 e. The molecule has 3 rings (SSSR count). The van der Waals surface area contributed by atoms with Crippen molar-refractivity contribution in [3.63, 3.8) is 0 Å². The zero-order valence-corrected chi connectivity index (χ0v) is 18.2. The van der Waals surface area contributed by atoms with Crippen molar-refractivity contribution in [1.29, 1.82) is 0 Å². The number of hydrogen-bond acceptors (Lipinski definition) is 4. The van der Waals surface area contributed by atoms with Gasteiger partial charge in [0.05, 0.1) is 0 Å². The Kier molecular flexibility index (Phi) is 7.06. The second-order valence-electron chi connectivity index (χ2n) is 8.07. The van der Waals surface area contributed by atoms with Crippen LogP contribution in [0.3, 0.4) is 0 Å². The Bertz CT molecular complexity index is 976. The summed E-state index contributed by atoms with van der Waals surface area (Å²) in [6.45, 7) is 3.74. The zero-order chi connectivity index (χ0) is 21.7. The topological polar surface area (TPSA) is 74.6 Å². The van der Waals surface area contributed by atoms with Crippen molar-refractivity contribution in [2.75, 3.05) is 0 Å². The highest BCUT2D eigenvalue weighted by molar-refractivity contribution is 7.19. The van der Waals surface area contributed by atoms with Gasteiger partial charge in [-0.25, -0.2) is 0 Å². The van der Waals surface area contributed by atoms with E-state index in [1.807, 2.05) is 61.6 Å². The molecule has 1 aromatic heterocycles. The third-order valence-corrected chi connectivity index (χ3v) is 6.91. The molecule has 5 heteroatoms. The average molecular weight is 425 g/mol. The van der Waals surface area contributed by atoms with Crippen LogP contribution in [0.1, 0.15) is 44.4 Å². The van der Waals surface area contributed by atoms with E-state index < -0.39 is 11.6 Å². The number of carbonyl (C=O) groups is 2. The van der Waals surface area contributed by atoms with Gasteiger partial charge in [0.25, 0.3) is 0 Å². The highest BCUT2D eigenvalue weighted by Gasteiger charge is 2.32. The Morgan fingerprint density at radius 3 is 2.77 bits per heavy atom. The molecule has 1 heterocycles. The third-order valence-electron chi connectivity index (χ3n) is 5.57. The molecule has 2 aromatic rings. The number of aliphatic hydroxyl groups is 1. The molecule has 1 unspecified atom stereocenters. The molecule has 0 saturated carbocycles. The number of hydrogen-bond donors (Lipinski definition) is 2. The summed E-state index contributed by atoms with van der Waals surface area (Å²) in [5.41, 5.74) is -0.0972. The van der Waals surface area contributed by atoms with Crippen LogP contribution in [0.5, 0.6) is 0 Å². The quantitative estimate of drug-likeness (QED) is 0.404. The SMILES string of the molecule is CC1=CC(=O)[C@H](CC=CCCCC(=O)O)[C@H]1C=CC(C)(O)c1cc2ccccc2s1. The average Bonchev–Trinajstić information content (AvgIpc) is 3.24. The minimum absolute atomic E-state index is 0.0398. The maximum absolute atomic E-state index is 12.4. The van der Waals surface area contributed by atoms with Gasteiger partial charge in [-0.3, -0.25) is 9.59 Å². The maximum atomic E-state index is 12.4. The van der Waals surface area contributed by atoms with Gasteiger partial charge in [-0.2, -0.15) is 0 Å². The lowest BCUT2D eigenvalue weighted by molar-refractivity contribution is -0.137. The number of allylic oxidation sites excluding steroid dienone is 5. The number of unbranched alkanes of at least 4 members (excludes halogenated alkanes) is 1. The Hall–Kier alpha value is -2.50. The lowest BCUT2D eigenvalue weighted by Gasteiger charge is -2.20. The molecule has 0 fully saturated rings. The lowest BCUT2D eigenvalue weighted by atomic mass is 9.86. The zero-order valence-electron chi connectivity index (χ0n) is 17.4. The summed E-state index contributed by atoms with van der Waals surface area (Å²) in [5.74, 6) is -0.888. The Labute approximate surface area is 181 Å². The number of rotatable bonds is 9. The number of carboxylic acids is 1. The molecule has 0 radical (unpaired) electrons. The molecule has 0 aliphatic heterocycles. The van der Waals surface area contributed by atoms with Crippen LogP contribution in [0.15, 0.2) is 66.3 Å². The van der Waals surface area contributed by atoms with E-state index in [2.05, 4.69) is 0 Å². The number of carboxylic acid groups (broad SMARTS) is 1. The number of aliphatic carboxylic acids is 1. The van der Waals surface area contributed by atoms with Crippen LogP contribution >= 0.6 is 11.3 Å². The molecular weight excluding hydrogens is 396 g/mol. The number of ketones is 1. The van der Waals surface area contributed by atoms with Crippen molar-refractivity contribution < 1.29 is 19.8 Å². The van der Waals surface area contributed by atoms with Gasteiger partial charge in [0, 0.05) is 27.8 Å². The molecule has 0 bridgehead atoms. The van der Waals surface area contributed by atoms with E-state index in [1.54, 1.807) is 24.3 Å². The molecule has 4 nitrogen and oxygen atoms in total. The first-order chi connectivity index (χ1) is 14.3. The predicted octanol–water partition coefficient (Wildman–Crippen LogP) is 5.63. The highest BCUT2D eigenvalue weighted by Crippen LogP contribution is 2.37. The van der Waals surface area contributed by atoms with Crippen LogP contribution < -0.4 is 0 Å². The van der Waals surface area contributed by atoms with E-state index in [9.17, 15) is 14.7 Å². The number of carbonyl (C=O) groups excluding carboxylic acids is 1. The predicted molar refractivity (Wildman–Crippen MR) is 122 cm³/mol. The van der Waals surface area contributed by atoms with Gasteiger partial charge in [-0.1, -0.05) is 48.1 Å². The Balaban J connectivity index is 1.68. The van der Waals surface area contributed by atoms with E-state index in [0.29, 0.717) is 19.3 Å². The molecule has 3 atom stereocenters. The fraction of sp³-hybridized carbons (Fsp3) is 0.360. The maximum Gasteiger partial charge on any atom is 0.303 e. The summed E-state index contributed by atoms with van der Waals surface area (Å²) in [7, 11) is 0. The van der Waals surface area contributed by atoms with Crippen LogP contribution in [0.2, 0.25) is 0 Å². The molecule has 1 aliphatic rings. The van der Waals surface area contributed by atoms with Gasteiger partial charge in [0.2, 0.25) is 0 Å². The molecule has 1 aromatic carbocycles.